The number of nitrogens with two attached hydrogens (primary N) is 1. The number of amides is 1. The number of nitrogens with one attached hydrogen (secondary N) is 1. The molecule has 5 heteroatoms. The summed E-state index contributed by atoms with van der Waals surface area (Å²) in [6.45, 7) is 2.16. The Kier molecular flexibility index (Phi) is 4.90. The van der Waals surface area contributed by atoms with Gasteiger partial charge in [0.25, 0.3) is 0 Å². The summed E-state index contributed by atoms with van der Waals surface area (Å²) in [5, 5.41) is 0. The summed E-state index contributed by atoms with van der Waals surface area (Å²) < 4.78 is 18.3. The van der Waals surface area contributed by atoms with E-state index in [2.05, 4.69) is 5.43 Å². The van der Waals surface area contributed by atoms with E-state index in [1.165, 1.54) is 12.1 Å². The number of carbonyl (C=O) groups is 1. The highest BCUT2D eigenvalue weighted by atomic mass is 19.1. The van der Waals surface area contributed by atoms with Crippen LogP contribution in [0.1, 0.15) is 24.0 Å². The van der Waals surface area contributed by atoms with Crippen LogP contribution < -0.4 is 16.0 Å². The van der Waals surface area contributed by atoms with Gasteiger partial charge in [-0.3, -0.25) is 10.2 Å². The highest BCUT2D eigenvalue weighted by Crippen LogP contribution is 2.17. The van der Waals surface area contributed by atoms with Crippen molar-refractivity contribution in [2.75, 3.05) is 0 Å². The molecule has 0 bridgehead atoms. The number of hydrogen-bond acceptors (Lipinski definition) is 3. The van der Waals surface area contributed by atoms with Gasteiger partial charge < -0.3 is 4.74 Å². The van der Waals surface area contributed by atoms with Crippen LogP contribution in [-0.2, 0) is 11.4 Å². The number of carbonyl (C=O) groups excluding carboxylic acids is 1. The third kappa shape index (κ3) is 4.03. The molecule has 1 atom stereocenters. The summed E-state index contributed by atoms with van der Waals surface area (Å²) in [6, 6.07) is 13.4. The third-order valence-corrected chi connectivity index (χ3v) is 3.23. The molecule has 21 heavy (non-hydrogen) atoms. The van der Waals surface area contributed by atoms with Crippen molar-refractivity contribution in [3.63, 3.8) is 0 Å². The highest BCUT2D eigenvalue weighted by Gasteiger charge is 2.13. The Morgan fingerprint density at radius 3 is 2.38 bits per heavy atom. The van der Waals surface area contributed by atoms with Crippen LogP contribution >= 0.6 is 0 Å². The fourth-order valence-electron chi connectivity index (χ4n) is 1.88. The van der Waals surface area contributed by atoms with E-state index < -0.39 is 0 Å². The predicted molar refractivity (Wildman–Crippen MR) is 77.9 cm³/mol. The van der Waals surface area contributed by atoms with Gasteiger partial charge in [0, 0.05) is 0 Å². The molecule has 0 radical (unpaired) electrons. The van der Waals surface area contributed by atoms with Gasteiger partial charge in [-0.25, -0.2) is 10.2 Å². The lowest BCUT2D eigenvalue weighted by molar-refractivity contribution is -0.122. The molecule has 2 aromatic carbocycles. The maximum Gasteiger partial charge on any atom is 0.241 e. The van der Waals surface area contributed by atoms with E-state index >= 15 is 0 Å². The van der Waals surface area contributed by atoms with Crippen molar-refractivity contribution < 1.29 is 13.9 Å². The third-order valence-electron chi connectivity index (χ3n) is 3.23. The molecular weight excluding hydrogens is 271 g/mol. The fraction of sp³-hybridized carbons (Fsp3) is 0.188. The van der Waals surface area contributed by atoms with E-state index in [0.29, 0.717) is 12.4 Å². The summed E-state index contributed by atoms with van der Waals surface area (Å²) in [7, 11) is 0. The van der Waals surface area contributed by atoms with E-state index in [1.54, 1.807) is 19.1 Å². The zero-order valence-corrected chi connectivity index (χ0v) is 11.7. The second kappa shape index (κ2) is 6.85. The average Bonchev–Trinajstić information content (AvgIpc) is 2.53. The van der Waals surface area contributed by atoms with Crippen molar-refractivity contribution in [3.05, 3.63) is 65.5 Å². The van der Waals surface area contributed by atoms with Crippen LogP contribution in [0.25, 0.3) is 0 Å². The Labute approximate surface area is 122 Å². The van der Waals surface area contributed by atoms with Gasteiger partial charge in [-0.15, -0.1) is 0 Å². The van der Waals surface area contributed by atoms with Gasteiger partial charge in [0.15, 0.2) is 0 Å². The second-order valence-corrected chi connectivity index (χ2v) is 4.71. The van der Waals surface area contributed by atoms with Crippen LogP contribution in [0, 0.1) is 5.82 Å². The van der Waals surface area contributed by atoms with Gasteiger partial charge in [0.1, 0.15) is 18.2 Å². The normalized spacial score (nSPS) is 11.8. The van der Waals surface area contributed by atoms with Crippen molar-refractivity contribution in [1.82, 2.24) is 5.43 Å². The number of benzene rings is 2. The first-order valence-electron chi connectivity index (χ1n) is 6.58. The number of halogens is 1. The van der Waals surface area contributed by atoms with Gasteiger partial charge >= 0.3 is 0 Å². The number of hydrazine groups is 1. The van der Waals surface area contributed by atoms with Crippen LogP contribution in [0.4, 0.5) is 4.39 Å². The first-order chi connectivity index (χ1) is 10.1. The van der Waals surface area contributed by atoms with E-state index in [-0.39, 0.29) is 17.6 Å². The van der Waals surface area contributed by atoms with E-state index in [1.807, 2.05) is 24.3 Å². The fourth-order valence-corrected chi connectivity index (χ4v) is 1.88. The summed E-state index contributed by atoms with van der Waals surface area (Å²) in [6.07, 6.45) is 0. The predicted octanol–water partition coefficient (Wildman–Crippen LogP) is 2.50. The molecule has 0 aliphatic rings. The molecule has 0 saturated carbocycles. The van der Waals surface area contributed by atoms with Crippen LogP contribution in [0.5, 0.6) is 5.75 Å². The van der Waals surface area contributed by atoms with E-state index in [9.17, 15) is 9.18 Å². The summed E-state index contributed by atoms with van der Waals surface area (Å²) in [5.74, 6) is 4.90. The highest BCUT2D eigenvalue weighted by molar-refractivity contribution is 5.82. The SMILES string of the molecule is CC(C(=O)NN)c1ccc(COc2ccc(F)cc2)cc1. The van der Waals surface area contributed by atoms with Gasteiger partial charge in [0.2, 0.25) is 5.91 Å². The molecule has 2 rings (SSSR count). The second-order valence-electron chi connectivity index (χ2n) is 4.71. The summed E-state index contributed by atoms with van der Waals surface area (Å²) >= 11 is 0. The molecule has 0 spiro atoms. The number of ether oxygens (including phenoxy) is 1. The van der Waals surface area contributed by atoms with Crippen LogP contribution in [0.2, 0.25) is 0 Å². The van der Waals surface area contributed by atoms with E-state index in [0.717, 1.165) is 11.1 Å². The molecular formula is C16H17FN2O2. The standard InChI is InChI=1S/C16H17FN2O2/c1-11(16(20)19-18)13-4-2-12(3-5-13)10-21-15-8-6-14(17)7-9-15/h2-9,11H,10,18H2,1H3,(H,19,20). The molecule has 0 fully saturated rings. The van der Waals surface area contributed by atoms with Crippen molar-refractivity contribution in [2.45, 2.75) is 19.4 Å². The summed E-state index contributed by atoms with van der Waals surface area (Å²) in [4.78, 5) is 11.4. The van der Waals surface area contributed by atoms with Gasteiger partial charge in [-0.2, -0.15) is 0 Å². The quantitative estimate of drug-likeness (QED) is 0.505. The molecule has 1 unspecified atom stereocenters. The Hall–Kier alpha value is -2.40. The van der Waals surface area contributed by atoms with E-state index in [4.69, 9.17) is 10.6 Å². The molecule has 0 aliphatic carbocycles. The number of rotatable bonds is 5. The smallest absolute Gasteiger partial charge is 0.241 e. The minimum atomic E-state index is -0.304. The van der Waals surface area contributed by atoms with Crippen LogP contribution in [0.3, 0.4) is 0 Å². The zero-order chi connectivity index (χ0) is 15.2. The van der Waals surface area contributed by atoms with Crippen molar-refractivity contribution in [3.8, 4) is 5.75 Å². The maximum absolute atomic E-state index is 12.8. The molecule has 3 N–H and O–H groups in total. The van der Waals surface area contributed by atoms with Gasteiger partial charge in [0.05, 0.1) is 5.92 Å². The molecule has 2 aromatic rings. The Balaban J connectivity index is 1.96. The number of hydrogen-bond donors (Lipinski definition) is 2. The first kappa shape index (κ1) is 15.0. The topological polar surface area (TPSA) is 64.4 Å². The average molecular weight is 288 g/mol. The van der Waals surface area contributed by atoms with Crippen LogP contribution in [0.15, 0.2) is 48.5 Å². The maximum atomic E-state index is 12.8. The van der Waals surface area contributed by atoms with Gasteiger partial charge in [-0.05, 0) is 42.3 Å². The van der Waals surface area contributed by atoms with Crippen LogP contribution in [-0.4, -0.2) is 5.91 Å². The zero-order valence-electron chi connectivity index (χ0n) is 11.7. The molecule has 1 amide bonds. The van der Waals surface area contributed by atoms with Gasteiger partial charge in [-0.1, -0.05) is 24.3 Å². The minimum Gasteiger partial charge on any atom is -0.489 e. The molecule has 0 aromatic heterocycles. The minimum absolute atomic E-state index is 0.231. The lowest BCUT2D eigenvalue weighted by Gasteiger charge is -2.11. The Bertz CT molecular complexity index is 597. The Morgan fingerprint density at radius 1 is 1.19 bits per heavy atom. The molecule has 0 aliphatic heterocycles. The largest absolute Gasteiger partial charge is 0.489 e. The monoisotopic (exact) mass is 288 g/mol. The summed E-state index contributed by atoms with van der Waals surface area (Å²) in [5.41, 5.74) is 3.97. The molecule has 0 saturated heterocycles. The lowest BCUT2D eigenvalue weighted by Crippen LogP contribution is -2.33. The first-order valence-corrected chi connectivity index (χ1v) is 6.58. The van der Waals surface area contributed by atoms with Crippen molar-refractivity contribution >= 4 is 5.91 Å². The van der Waals surface area contributed by atoms with Crippen molar-refractivity contribution in [2.24, 2.45) is 5.84 Å². The lowest BCUT2D eigenvalue weighted by atomic mass is 9.99. The Morgan fingerprint density at radius 2 is 1.81 bits per heavy atom. The molecule has 110 valence electrons. The molecule has 0 heterocycles. The molecule has 4 nitrogen and oxygen atoms in total. The van der Waals surface area contributed by atoms with Crippen molar-refractivity contribution in [1.29, 1.82) is 0 Å².